The van der Waals surface area contributed by atoms with Crippen LogP contribution in [0.4, 0.5) is 11.4 Å². The Hall–Kier alpha value is -2.91. The van der Waals surface area contributed by atoms with Gasteiger partial charge in [0.05, 0.1) is 10.7 Å². The molecule has 0 aliphatic heterocycles. The third kappa shape index (κ3) is 4.68. The van der Waals surface area contributed by atoms with Crippen LogP contribution in [0.15, 0.2) is 53.7 Å². The summed E-state index contributed by atoms with van der Waals surface area (Å²) in [5, 5.41) is 23.0. The molecule has 1 N–H and O–H groups in total. The molecule has 0 fully saturated rings. The summed E-state index contributed by atoms with van der Waals surface area (Å²) in [5.74, 6) is 0.571. The molecule has 0 aliphatic carbocycles. The second kappa shape index (κ2) is 8.85. The summed E-state index contributed by atoms with van der Waals surface area (Å²) in [6, 6.07) is 13.0. The van der Waals surface area contributed by atoms with Gasteiger partial charge in [0, 0.05) is 35.0 Å². The number of nitro benzene ring substituents is 1. The fourth-order valence-corrected chi connectivity index (χ4v) is 3.51. The Balaban J connectivity index is 1.65. The first-order valence-electron chi connectivity index (χ1n) is 8.34. The molecule has 1 heterocycles. The Labute approximate surface area is 170 Å². The molecule has 0 radical (unpaired) electrons. The predicted octanol–water partition coefficient (Wildman–Crippen LogP) is 4.26. The molecule has 8 nitrogen and oxygen atoms in total. The molecule has 3 rings (SSSR count). The van der Waals surface area contributed by atoms with E-state index in [1.807, 2.05) is 29.7 Å². The molecule has 1 aromatic heterocycles. The molecule has 1 amide bonds. The molecule has 0 aliphatic rings. The van der Waals surface area contributed by atoms with Crippen LogP contribution < -0.4 is 5.32 Å². The lowest BCUT2D eigenvalue weighted by Gasteiger charge is -2.08. The number of halogens is 1. The minimum Gasteiger partial charge on any atom is -0.325 e. The maximum Gasteiger partial charge on any atom is 0.269 e. The zero-order valence-corrected chi connectivity index (χ0v) is 16.4. The van der Waals surface area contributed by atoms with E-state index in [4.69, 9.17) is 11.6 Å². The van der Waals surface area contributed by atoms with Gasteiger partial charge in [-0.25, -0.2) is 0 Å². The molecule has 2 aromatic carbocycles. The first-order chi connectivity index (χ1) is 13.5. The minimum atomic E-state index is -0.490. The van der Waals surface area contributed by atoms with Gasteiger partial charge in [-0.05, 0) is 31.2 Å². The zero-order valence-electron chi connectivity index (χ0n) is 14.8. The molecule has 0 spiro atoms. The van der Waals surface area contributed by atoms with Gasteiger partial charge in [0.25, 0.3) is 5.69 Å². The van der Waals surface area contributed by atoms with E-state index in [-0.39, 0.29) is 17.3 Å². The third-order valence-electron chi connectivity index (χ3n) is 3.81. The Bertz CT molecular complexity index is 1010. The quantitative estimate of drug-likeness (QED) is 0.350. The van der Waals surface area contributed by atoms with Crippen molar-refractivity contribution < 1.29 is 9.72 Å². The van der Waals surface area contributed by atoms with Gasteiger partial charge >= 0.3 is 0 Å². The number of nitrogens with zero attached hydrogens (tertiary/aromatic N) is 4. The molecule has 0 bridgehead atoms. The first-order valence-corrected chi connectivity index (χ1v) is 9.70. The summed E-state index contributed by atoms with van der Waals surface area (Å²) in [6.45, 7) is 2.61. The van der Waals surface area contributed by atoms with Gasteiger partial charge in [0.1, 0.15) is 0 Å². The van der Waals surface area contributed by atoms with Crippen LogP contribution in [0.2, 0.25) is 5.02 Å². The van der Waals surface area contributed by atoms with Gasteiger partial charge < -0.3 is 9.88 Å². The second-order valence-corrected chi connectivity index (χ2v) is 7.08. The maximum absolute atomic E-state index is 12.2. The van der Waals surface area contributed by atoms with E-state index in [1.54, 1.807) is 6.07 Å². The van der Waals surface area contributed by atoms with Gasteiger partial charge in [0.2, 0.25) is 5.91 Å². The van der Waals surface area contributed by atoms with Crippen molar-refractivity contribution in [2.75, 3.05) is 11.1 Å². The van der Waals surface area contributed by atoms with Crippen LogP contribution in [0, 0.1) is 10.1 Å². The number of non-ortho nitro benzene ring substituents is 1. The third-order valence-corrected chi connectivity index (χ3v) is 5.01. The van der Waals surface area contributed by atoms with Gasteiger partial charge in [-0.3, -0.25) is 14.9 Å². The van der Waals surface area contributed by atoms with Crippen molar-refractivity contribution >= 4 is 40.6 Å². The molecule has 0 saturated heterocycles. The average Bonchev–Trinajstić information content (AvgIpc) is 3.09. The normalized spacial score (nSPS) is 10.6. The summed E-state index contributed by atoms with van der Waals surface area (Å²) in [6.07, 6.45) is 0. The smallest absolute Gasteiger partial charge is 0.269 e. The van der Waals surface area contributed by atoms with Gasteiger partial charge in [-0.2, -0.15) is 0 Å². The van der Waals surface area contributed by atoms with Crippen LogP contribution in [0.3, 0.4) is 0 Å². The van der Waals surface area contributed by atoms with Crippen LogP contribution in [0.25, 0.3) is 11.4 Å². The van der Waals surface area contributed by atoms with Crippen LogP contribution >= 0.6 is 23.4 Å². The number of thioether (sulfide) groups is 1. The lowest BCUT2D eigenvalue weighted by molar-refractivity contribution is -0.384. The average molecular weight is 418 g/mol. The predicted molar refractivity (Wildman–Crippen MR) is 109 cm³/mol. The molecule has 144 valence electrons. The second-order valence-electron chi connectivity index (χ2n) is 5.70. The Kier molecular flexibility index (Phi) is 6.27. The van der Waals surface area contributed by atoms with E-state index in [0.29, 0.717) is 28.2 Å². The molecular weight excluding hydrogens is 402 g/mol. The summed E-state index contributed by atoms with van der Waals surface area (Å²) in [5.41, 5.74) is 1.31. The molecular formula is C18H16ClN5O3S. The fourth-order valence-electron chi connectivity index (χ4n) is 2.52. The number of carbonyl (C=O) groups excluding carboxylic acids is 1. The van der Waals surface area contributed by atoms with Crippen molar-refractivity contribution in [2.24, 2.45) is 0 Å². The topological polar surface area (TPSA) is 103 Å². The van der Waals surface area contributed by atoms with Crippen LogP contribution in [0.5, 0.6) is 0 Å². The highest BCUT2D eigenvalue weighted by Gasteiger charge is 2.15. The van der Waals surface area contributed by atoms with Crippen molar-refractivity contribution in [1.82, 2.24) is 14.8 Å². The Morgan fingerprint density at radius 3 is 2.64 bits per heavy atom. The highest BCUT2D eigenvalue weighted by Crippen LogP contribution is 2.26. The number of rotatable bonds is 7. The van der Waals surface area contributed by atoms with Crippen LogP contribution in [-0.4, -0.2) is 31.3 Å². The van der Waals surface area contributed by atoms with Crippen molar-refractivity contribution in [3.8, 4) is 11.4 Å². The molecule has 3 aromatic rings. The van der Waals surface area contributed by atoms with E-state index in [1.165, 1.54) is 36.0 Å². The number of nitro groups is 1. The van der Waals surface area contributed by atoms with Crippen molar-refractivity contribution in [3.63, 3.8) is 0 Å². The zero-order chi connectivity index (χ0) is 20.1. The van der Waals surface area contributed by atoms with E-state index in [2.05, 4.69) is 15.5 Å². The Morgan fingerprint density at radius 2 is 2.00 bits per heavy atom. The number of amides is 1. The lowest BCUT2D eigenvalue weighted by Crippen LogP contribution is -2.14. The summed E-state index contributed by atoms with van der Waals surface area (Å²) in [4.78, 5) is 22.4. The Morgan fingerprint density at radius 1 is 1.25 bits per heavy atom. The molecule has 0 atom stereocenters. The number of hydrogen-bond donors (Lipinski definition) is 1. The number of benzene rings is 2. The highest BCUT2D eigenvalue weighted by molar-refractivity contribution is 7.99. The maximum atomic E-state index is 12.2. The number of carbonyl (C=O) groups is 1. The molecule has 0 saturated carbocycles. The van der Waals surface area contributed by atoms with Gasteiger partial charge in [-0.15, -0.1) is 10.2 Å². The fraction of sp³-hybridized carbons (Fsp3) is 0.167. The van der Waals surface area contributed by atoms with E-state index in [9.17, 15) is 14.9 Å². The molecule has 0 unspecified atom stereocenters. The molecule has 10 heteroatoms. The van der Waals surface area contributed by atoms with E-state index < -0.39 is 4.92 Å². The number of aromatic nitrogens is 3. The van der Waals surface area contributed by atoms with Gasteiger partial charge in [0.15, 0.2) is 11.0 Å². The van der Waals surface area contributed by atoms with E-state index in [0.717, 1.165) is 5.56 Å². The van der Waals surface area contributed by atoms with Crippen LogP contribution in [-0.2, 0) is 11.3 Å². The number of anilines is 1. The summed E-state index contributed by atoms with van der Waals surface area (Å²) >= 11 is 7.31. The molecule has 28 heavy (non-hydrogen) atoms. The van der Waals surface area contributed by atoms with Gasteiger partial charge in [-0.1, -0.05) is 35.5 Å². The summed E-state index contributed by atoms with van der Waals surface area (Å²) < 4.78 is 1.91. The van der Waals surface area contributed by atoms with Crippen molar-refractivity contribution in [1.29, 1.82) is 0 Å². The van der Waals surface area contributed by atoms with Crippen molar-refractivity contribution in [3.05, 3.63) is 63.7 Å². The standard InChI is InChI=1S/C18H16ClN5O3S/c1-2-23-17(12-4-3-5-13(19)10-12)21-22-18(23)28-11-16(25)20-14-6-8-15(9-7-14)24(26)27/h3-10H,2,11H2,1H3,(H,20,25). The van der Waals surface area contributed by atoms with E-state index >= 15 is 0 Å². The summed E-state index contributed by atoms with van der Waals surface area (Å²) in [7, 11) is 0. The lowest BCUT2D eigenvalue weighted by atomic mass is 10.2. The van der Waals surface area contributed by atoms with Crippen molar-refractivity contribution in [2.45, 2.75) is 18.6 Å². The largest absolute Gasteiger partial charge is 0.325 e. The number of hydrogen-bond acceptors (Lipinski definition) is 6. The minimum absolute atomic E-state index is 0.0306. The monoisotopic (exact) mass is 417 g/mol. The highest BCUT2D eigenvalue weighted by atomic mass is 35.5. The first kappa shape index (κ1) is 19.8. The van der Waals surface area contributed by atoms with Crippen LogP contribution in [0.1, 0.15) is 6.92 Å². The SMILES string of the molecule is CCn1c(SCC(=O)Nc2ccc([N+](=O)[O-])cc2)nnc1-c1cccc(Cl)c1. The number of nitrogens with one attached hydrogen (secondary N) is 1.